The predicted molar refractivity (Wildman–Crippen MR) is 67.6 cm³/mol. The molecule has 2 rings (SSSR count). The van der Waals surface area contributed by atoms with Crippen molar-refractivity contribution < 1.29 is 14.7 Å². The average molecular weight is 247 g/mol. The lowest BCUT2D eigenvalue weighted by Crippen LogP contribution is -2.31. The summed E-state index contributed by atoms with van der Waals surface area (Å²) in [5, 5.41) is 8.85. The molecule has 1 amide bonds. The normalized spacial score (nSPS) is 23.1. The number of likely N-dealkylation sites (tertiary alicyclic amines) is 1. The van der Waals surface area contributed by atoms with Gasteiger partial charge in [0.05, 0.1) is 5.56 Å². The van der Waals surface area contributed by atoms with E-state index in [-0.39, 0.29) is 11.9 Å². The minimum atomic E-state index is -0.910. The number of amides is 1. The zero-order valence-corrected chi connectivity index (χ0v) is 10.6. The maximum Gasteiger partial charge on any atom is 0.335 e. The summed E-state index contributed by atoms with van der Waals surface area (Å²) >= 11 is 0. The van der Waals surface area contributed by atoms with Gasteiger partial charge in [-0.05, 0) is 31.0 Å². The lowest BCUT2D eigenvalue weighted by atomic mass is 9.96. The molecule has 96 valence electrons. The standard InChI is InChI=1S/C14H17NO3/c1-9-7-13(8-15(9)10(2)16)11-3-5-12(6-4-11)14(17)18/h3-6,9,13H,7-8H2,1-2H3,(H,17,18). The third-order valence-electron chi connectivity index (χ3n) is 3.61. The van der Waals surface area contributed by atoms with E-state index in [2.05, 4.69) is 0 Å². The monoisotopic (exact) mass is 247 g/mol. The summed E-state index contributed by atoms with van der Waals surface area (Å²) in [5.41, 5.74) is 1.41. The summed E-state index contributed by atoms with van der Waals surface area (Å²) < 4.78 is 0. The Bertz CT molecular complexity index is 466. The largest absolute Gasteiger partial charge is 0.478 e. The molecule has 0 aliphatic carbocycles. The summed E-state index contributed by atoms with van der Waals surface area (Å²) in [5.74, 6) is -0.495. The molecule has 1 aliphatic heterocycles. The van der Waals surface area contributed by atoms with E-state index in [1.54, 1.807) is 19.1 Å². The van der Waals surface area contributed by atoms with Crippen LogP contribution in [0.4, 0.5) is 0 Å². The van der Waals surface area contributed by atoms with Crippen LogP contribution in [0.2, 0.25) is 0 Å². The van der Waals surface area contributed by atoms with Crippen LogP contribution in [0.25, 0.3) is 0 Å². The molecule has 2 unspecified atom stereocenters. The summed E-state index contributed by atoms with van der Waals surface area (Å²) in [6, 6.07) is 7.21. The van der Waals surface area contributed by atoms with Crippen molar-refractivity contribution in [1.82, 2.24) is 4.90 Å². The molecule has 18 heavy (non-hydrogen) atoms. The second kappa shape index (κ2) is 4.80. The summed E-state index contributed by atoms with van der Waals surface area (Å²) in [7, 11) is 0. The van der Waals surface area contributed by atoms with Crippen LogP contribution in [-0.2, 0) is 4.79 Å². The maximum absolute atomic E-state index is 11.4. The molecule has 0 aromatic heterocycles. The van der Waals surface area contributed by atoms with Gasteiger partial charge in [0.25, 0.3) is 0 Å². The number of benzene rings is 1. The number of carboxylic acids is 1. The molecule has 1 aromatic rings. The minimum Gasteiger partial charge on any atom is -0.478 e. The van der Waals surface area contributed by atoms with Crippen molar-refractivity contribution in [1.29, 1.82) is 0 Å². The van der Waals surface area contributed by atoms with E-state index in [1.165, 1.54) is 0 Å². The van der Waals surface area contributed by atoms with Gasteiger partial charge in [-0.15, -0.1) is 0 Å². The van der Waals surface area contributed by atoms with Gasteiger partial charge in [0.1, 0.15) is 0 Å². The molecular weight excluding hydrogens is 230 g/mol. The maximum atomic E-state index is 11.4. The van der Waals surface area contributed by atoms with Crippen molar-refractivity contribution in [2.45, 2.75) is 32.2 Å². The molecule has 0 bridgehead atoms. The van der Waals surface area contributed by atoms with Crippen molar-refractivity contribution in [3.63, 3.8) is 0 Å². The number of nitrogens with zero attached hydrogens (tertiary/aromatic N) is 1. The highest BCUT2D eigenvalue weighted by Crippen LogP contribution is 2.31. The Morgan fingerprint density at radius 3 is 2.33 bits per heavy atom. The van der Waals surface area contributed by atoms with E-state index in [9.17, 15) is 9.59 Å². The second-order valence-corrected chi connectivity index (χ2v) is 4.88. The van der Waals surface area contributed by atoms with Gasteiger partial charge in [0.2, 0.25) is 5.91 Å². The van der Waals surface area contributed by atoms with Gasteiger partial charge in [-0.25, -0.2) is 4.79 Å². The summed E-state index contributed by atoms with van der Waals surface area (Å²) in [4.78, 5) is 24.1. The Morgan fingerprint density at radius 1 is 1.28 bits per heavy atom. The van der Waals surface area contributed by atoms with Crippen LogP contribution in [-0.4, -0.2) is 34.5 Å². The molecule has 0 saturated carbocycles. The van der Waals surface area contributed by atoms with Gasteiger partial charge in [-0.1, -0.05) is 12.1 Å². The van der Waals surface area contributed by atoms with Crippen molar-refractivity contribution in [3.05, 3.63) is 35.4 Å². The Balaban J connectivity index is 2.14. The van der Waals surface area contributed by atoms with Crippen LogP contribution in [0.15, 0.2) is 24.3 Å². The van der Waals surface area contributed by atoms with E-state index in [0.717, 1.165) is 18.5 Å². The van der Waals surface area contributed by atoms with Crippen molar-refractivity contribution in [2.24, 2.45) is 0 Å². The minimum absolute atomic E-state index is 0.104. The van der Waals surface area contributed by atoms with Gasteiger partial charge in [-0.2, -0.15) is 0 Å². The molecule has 0 spiro atoms. The third kappa shape index (κ3) is 2.37. The summed E-state index contributed by atoms with van der Waals surface area (Å²) in [6.45, 7) is 4.36. The van der Waals surface area contributed by atoms with Gasteiger partial charge >= 0.3 is 5.97 Å². The fourth-order valence-electron chi connectivity index (χ4n) is 2.61. The highest BCUT2D eigenvalue weighted by atomic mass is 16.4. The molecule has 0 radical (unpaired) electrons. The molecule has 1 N–H and O–H groups in total. The highest BCUT2D eigenvalue weighted by molar-refractivity contribution is 5.87. The van der Waals surface area contributed by atoms with E-state index in [0.29, 0.717) is 11.5 Å². The molecular formula is C14H17NO3. The number of rotatable bonds is 2. The number of hydrogen-bond acceptors (Lipinski definition) is 2. The Hall–Kier alpha value is -1.84. The van der Waals surface area contributed by atoms with Crippen LogP contribution in [0, 0.1) is 0 Å². The fourth-order valence-corrected chi connectivity index (χ4v) is 2.61. The molecule has 2 atom stereocenters. The quantitative estimate of drug-likeness (QED) is 0.870. The lowest BCUT2D eigenvalue weighted by Gasteiger charge is -2.18. The van der Waals surface area contributed by atoms with Gasteiger partial charge < -0.3 is 10.0 Å². The van der Waals surface area contributed by atoms with Crippen LogP contribution >= 0.6 is 0 Å². The zero-order chi connectivity index (χ0) is 13.3. The zero-order valence-electron chi connectivity index (χ0n) is 10.6. The first-order chi connectivity index (χ1) is 8.49. The predicted octanol–water partition coefficient (Wildman–Crippen LogP) is 2.11. The third-order valence-corrected chi connectivity index (χ3v) is 3.61. The number of carbonyl (C=O) groups excluding carboxylic acids is 1. The van der Waals surface area contributed by atoms with E-state index in [1.807, 2.05) is 24.0 Å². The Morgan fingerprint density at radius 2 is 1.89 bits per heavy atom. The molecule has 1 heterocycles. The van der Waals surface area contributed by atoms with Crippen LogP contribution in [0.1, 0.15) is 42.1 Å². The first-order valence-electron chi connectivity index (χ1n) is 6.09. The fraction of sp³-hybridized carbons (Fsp3) is 0.429. The number of hydrogen-bond donors (Lipinski definition) is 1. The van der Waals surface area contributed by atoms with Crippen molar-refractivity contribution >= 4 is 11.9 Å². The molecule has 1 fully saturated rings. The van der Waals surface area contributed by atoms with Gasteiger partial charge in [-0.3, -0.25) is 4.79 Å². The molecule has 1 saturated heterocycles. The van der Waals surface area contributed by atoms with Crippen LogP contribution in [0.5, 0.6) is 0 Å². The van der Waals surface area contributed by atoms with Crippen molar-refractivity contribution in [3.8, 4) is 0 Å². The smallest absolute Gasteiger partial charge is 0.335 e. The van der Waals surface area contributed by atoms with Crippen molar-refractivity contribution in [2.75, 3.05) is 6.54 Å². The summed E-state index contributed by atoms with van der Waals surface area (Å²) in [6.07, 6.45) is 0.937. The van der Waals surface area contributed by atoms with Gasteiger partial charge in [0.15, 0.2) is 0 Å². The van der Waals surface area contributed by atoms with E-state index < -0.39 is 5.97 Å². The Labute approximate surface area is 106 Å². The molecule has 4 nitrogen and oxygen atoms in total. The topological polar surface area (TPSA) is 57.6 Å². The van der Waals surface area contributed by atoms with Crippen LogP contribution in [0.3, 0.4) is 0 Å². The SMILES string of the molecule is CC(=O)N1CC(c2ccc(C(=O)O)cc2)CC1C. The van der Waals surface area contributed by atoms with Crippen LogP contribution < -0.4 is 0 Å². The molecule has 4 heteroatoms. The van der Waals surface area contributed by atoms with Gasteiger partial charge in [0, 0.05) is 25.4 Å². The first-order valence-corrected chi connectivity index (χ1v) is 6.09. The number of carbonyl (C=O) groups is 2. The lowest BCUT2D eigenvalue weighted by molar-refractivity contribution is -0.129. The first kappa shape index (κ1) is 12.6. The molecule has 1 aromatic carbocycles. The number of carboxylic acid groups (broad SMARTS) is 1. The Kier molecular flexibility index (Phi) is 3.36. The van der Waals surface area contributed by atoms with E-state index in [4.69, 9.17) is 5.11 Å². The average Bonchev–Trinajstić information content (AvgIpc) is 2.71. The highest BCUT2D eigenvalue weighted by Gasteiger charge is 2.31. The number of aromatic carboxylic acids is 1. The second-order valence-electron chi connectivity index (χ2n) is 4.88. The van der Waals surface area contributed by atoms with E-state index >= 15 is 0 Å². The molecule has 1 aliphatic rings.